The average Bonchev–Trinajstić information content (AvgIpc) is 3.33. The molecule has 1 aliphatic carbocycles. The fourth-order valence-corrected chi connectivity index (χ4v) is 6.41. The van der Waals surface area contributed by atoms with Gasteiger partial charge in [-0.25, -0.2) is 0 Å². The third-order valence-electron chi connectivity index (χ3n) is 8.59. The lowest BCUT2D eigenvalue weighted by atomic mass is 9.65. The molecule has 8 unspecified atom stereocenters. The highest BCUT2D eigenvalue weighted by Gasteiger charge is 2.42. The van der Waals surface area contributed by atoms with Crippen LogP contribution >= 0.6 is 0 Å². The van der Waals surface area contributed by atoms with Crippen LogP contribution in [0.2, 0.25) is 0 Å². The van der Waals surface area contributed by atoms with Crippen molar-refractivity contribution in [1.29, 1.82) is 0 Å². The smallest absolute Gasteiger partial charge is 0.00666 e. The molecule has 0 radical (unpaired) electrons. The Labute approximate surface area is 179 Å². The van der Waals surface area contributed by atoms with Crippen LogP contribution in [0.4, 0.5) is 0 Å². The van der Waals surface area contributed by atoms with Crippen molar-refractivity contribution in [2.45, 2.75) is 113 Å². The Morgan fingerprint density at radius 3 is 1.86 bits per heavy atom. The van der Waals surface area contributed by atoms with Gasteiger partial charge in [0.25, 0.3) is 0 Å². The van der Waals surface area contributed by atoms with Gasteiger partial charge in [-0.2, -0.15) is 0 Å². The van der Waals surface area contributed by atoms with Crippen LogP contribution in [0.1, 0.15) is 107 Å². The maximum absolute atomic E-state index is 3.61. The number of rotatable bonds is 15. The molecule has 1 saturated carbocycles. The van der Waals surface area contributed by atoms with E-state index in [1.165, 1.54) is 44.9 Å². The summed E-state index contributed by atoms with van der Waals surface area (Å²) in [6.07, 6.45) is 9.89. The summed E-state index contributed by atoms with van der Waals surface area (Å²) >= 11 is 0. The van der Waals surface area contributed by atoms with Gasteiger partial charge in [0.1, 0.15) is 0 Å². The Bertz CT molecular complexity index is 401. The Hall–Kier alpha value is -0.0400. The first-order valence-corrected chi connectivity index (χ1v) is 12.8. The molecule has 1 nitrogen and oxygen atoms in total. The molecule has 1 aliphatic rings. The summed E-state index contributed by atoms with van der Waals surface area (Å²) in [5, 5.41) is 3.61. The molecule has 0 spiro atoms. The van der Waals surface area contributed by atoms with Gasteiger partial charge in [0.15, 0.2) is 0 Å². The van der Waals surface area contributed by atoms with Gasteiger partial charge in [-0.3, -0.25) is 0 Å². The van der Waals surface area contributed by atoms with Crippen molar-refractivity contribution in [3.63, 3.8) is 0 Å². The van der Waals surface area contributed by atoms with E-state index in [-0.39, 0.29) is 0 Å². The van der Waals surface area contributed by atoms with Gasteiger partial charge in [-0.05, 0) is 80.1 Å². The lowest BCUT2D eigenvalue weighted by molar-refractivity contribution is 0.0808. The molecule has 8 atom stereocenters. The first-order valence-electron chi connectivity index (χ1n) is 12.8. The number of hydrogen-bond donors (Lipinski definition) is 1. The zero-order valence-electron chi connectivity index (χ0n) is 21.2. The van der Waals surface area contributed by atoms with Crippen molar-refractivity contribution in [2.75, 3.05) is 7.05 Å². The normalized spacial score (nSPS) is 26.1. The summed E-state index contributed by atoms with van der Waals surface area (Å²) in [5.74, 6) is 7.93. The molecule has 0 amide bonds. The molecule has 1 rings (SSSR count). The van der Waals surface area contributed by atoms with Crippen LogP contribution in [0.25, 0.3) is 0 Å². The molecule has 168 valence electrons. The summed E-state index contributed by atoms with van der Waals surface area (Å²) in [5.41, 5.74) is 0. The quantitative estimate of drug-likeness (QED) is 0.297. The van der Waals surface area contributed by atoms with Gasteiger partial charge in [-0.15, -0.1) is 0 Å². The van der Waals surface area contributed by atoms with E-state index in [1.54, 1.807) is 0 Å². The standard InChI is InChI=1S/C27H55N/c1-11-23(18(3)4)15-13-14-20(7)27(19(5)6)26(17-24-16-21(24)8)25(12-2)22(9)28-10/h18-28H,11-17H2,1-10H3. The van der Waals surface area contributed by atoms with Crippen LogP contribution in [0.15, 0.2) is 0 Å². The van der Waals surface area contributed by atoms with E-state index in [0.717, 1.165) is 53.3 Å². The Kier molecular flexibility index (Phi) is 11.7. The van der Waals surface area contributed by atoms with Gasteiger partial charge < -0.3 is 5.32 Å². The van der Waals surface area contributed by atoms with Crippen molar-refractivity contribution < 1.29 is 0 Å². The summed E-state index contributed by atoms with van der Waals surface area (Å²) < 4.78 is 0. The lowest BCUT2D eigenvalue weighted by Gasteiger charge is -2.42. The van der Waals surface area contributed by atoms with E-state index in [9.17, 15) is 0 Å². The minimum atomic E-state index is 0.628. The highest BCUT2D eigenvalue weighted by atomic mass is 14.9. The maximum Gasteiger partial charge on any atom is 0.00666 e. The Morgan fingerprint density at radius 1 is 0.857 bits per heavy atom. The van der Waals surface area contributed by atoms with Crippen LogP contribution in [0.5, 0.6) is 0 Å². The van der Waals surface area contributed by atoms with Gasteiger partial charge in [0.05, 0.1) is 0 Å². The molecule has 0 aromatic carbocycles. The van der Waals surface area contributed by atoms with E-state index in [0.29, 0.717) is 6.04 Å². The SMILES string of the molecule is CCC(CCCC(C)C(C(C)C)C(CC1CC1C)C(CC)C(C)NC)C(C)C. The van der Waals surface area contributed by atoms with Crippen LogP contribution in [-0.4, -0.2) is 13.1 Å². The average molecular weight is 394 g/mol. The molecule has 0 aliphatic heterocycles. The highest BCUT2D eigenvalue weighted by Crippen LogP contribution is 2.49. The first-order chi connectivity index (χ1) is 13.2. The monoisotopic (exact) mass is 393 g/mol. The van der Waals surface area contributed by atoms with Crippen molar-refractivity contribution >= 4 is 0 Å². The molecule has 0 saturated heterocycles. The van der Waals surface area contributed by atoms with Crippen molar-refractivity contribution in [2.24, 2.45) is 53.3 Å². The van der Waals surface area contributed by atoms with E-state index >= 15 is 0 Å². The van der Waals surface area contributed by atoms with E-state index < -0.39 is 0 Å². The first kappa shape index (κ1) is 26.0. The number of nitrogens with one attached hydrogen (secondary N) is 1. The molecule has 1 N–H and O–H groups in total. The second kappa shape index (κ2) is 12.6. The molecule has 0 aromatic heterocycles. The van der Waals surface area contributed by atoms with Gasteiger partial charge in [-0.1, -0.05) is 87.5 Å². The van der Waals surface area contributed by atoms with Gasteiger partial charge in [0.2, 0.25) is 0 Å². The topological polar surface area (TPSA) is 12.0 Å². The summed E-state index contributed by atoms with van der Waals surface area (Å²) in [6, 6.07) is 0.628. The zero-order valence-corrected chi connectivity index (χ0v) is 21.2. The van der Waals surface area contributed by atoms with Crippen LogP contribution < -0.4 is 5.32 Å². The van der Waals surface area contributed by atoms with E-state index in [2.05, 4.69) is 74.7 Å². The summed E-state index contributed by atoms with van der Waals surface area (Å²) in [4.78, 5) is 0. The van der Waals surface area contributed by atoms with Crippen molar-refractivity contribution in [3.05, 3.63) is 0 Å². The Balaban J connectivity index is 2.87. The maximum atomic E-state index is 3.61. The summed E-state index contributed by atoms with van der Waals surface area (Å²) in [7, 11) is 2.16. The molecule has 0 heterocycles. The summed E-state index contributed by atoms with van der Waals surface area (Å²) in [6.45, 7) is 22.1. The molecular weight excluding hydrogens is 338 g/mol. The lowest BCUT2D eigenvalue weighted by Crippen LogP contribution is -2.41. The second-order valence-corrected chi connectivity index (χ2v) is 11.2. The molecule has 0 aromatic rings. The van der Waals surface area contributed by atoms with Crippen LogP contribution in [0, 0.1) is 53.3 Å². The third-order valence-corrected chi connectivity index (χ3v) is 8.59. The predicted molar refractivity (Wildman–Crippen MR) is 128 cm³/mol. The zero-order chi connectivity index (χ0) is 21.4. The largest absolute Gasteiger partial charge is 0.317 e. The minimum Gasteiger partial charge on any atom is -0.317 e. The van der Waals surface area contributed by atoms with Crippen LogP contribution in [-0.2, 0) is 0 Å². The van der Waals surface area contributed by atoms with E-state index in [4.69, 9.17) is 0 Å². The second-order valence-electron chi connectivity index (χ2n) is 11.2. The molecule has 1 heteroatoms. The Morgan fingerprint density at radius 2 is 1.46 bits per heavy atom. The fraction of sp³-hybridized carbons (Fsp3) is 1.00. The van der Waals surface area contributed by atoms with Gasteiger partial charge >= 0.3 is 0 Å². The molecule has 0 bridgehead atoms. The van der Waals surface area contributed by atoms with Crippen molar-refractivity contribution in [1.82, 2.24) is 5.32 Å². The molecule has 28 heavy (non-hydrogen) atoms. The third kappa shape index (κ3) is 7.66. The molecule has 1 fully saturated rings. The van der Waals surface area contributed by atoms with E-state index in [1.807, 2.05) is 0 Å². The highest BCUT2D eigenvalue weighted by molar-refractivity contribution is 4.92. The van der Waals surface area contributed by atoms with Gasteiger partial charge in [0, 0.05) is 6.04 Å². The number of hydrogen-bond acceptors (Lipinski definition) is 1. The van der Waals surface area contributed by atoms with Crippen LogP contribution in [0.3, 0.4) is 0 Å². The minimum absolute atomic E-state index is 0.628. The van der Waals surface area contributed by atoms with Crippen molar-refractivity contribution in [3.8, 4) is 0 Å². The molecular formula is C27H55N. The fourth-order valence-electron chi connectivity index (χ4n) is 6.41. The predicted octanol–water partition coefficient (Wildman–Crippen LogP) is 8.04.